The summed E-state index contributed by atoms with van der Waals surface area (Å²) >= 11 is 0. The van der Waals surface area contributed by atoms with Crippen LogP contribution in [0.2, 0.25) is 0 Å². The molecule has 2 atom stereocenters. The number of hydroxylamine groups is 1. The van der Waals surface area contributed by atoms with Gasteiger partial charge < -0.3 is 9.94 Å². The first-order valence-corrected chi connectivity index (χ1v) is 9.59. The number of nitrogens with one attached hydrogen (secondary N) is 2. The van der Waals surface area contributed by atoms with Crippen LogP contribution in [0, 0.1) is 0 Å². The maximum Gasteiger partial charge on any atom is 0.230 e. The van der Waals surface area contributed by atoms with Crippen LogP contribution in [0.25, 0.3) is 0 Å². The smallest absolute Gasteiger partial charge is 0.230 e. The van der Waals surface area contributed by atoms with Gasteiger partial charge in [0.2, 0.25) is 10.0 Å². The number of ether oxygens (including phenoxy) is 1. The van der Waals surface area contributed by atoms with Crippen LogP contribution in [0.3, 0.4) is 0 Å². The lowest BCUT2D eigenvalue weighted by molar-refractivity contribution is -0.0730. The molecule has 0 amide bonds. The summed E-state index contributed by atoms with van der Waals surface area (Å²) in [6.07, 6.45) is 0.223. The van der Waals surface area contributed by atoms with E-state index in [9.17, 15) is 8.42 Å². The highest BCUT2D eigenvalue weighted by atomic mass is 32.2. The van der Waals surface area contributed by atoms with Crippen molar-refractivity contribution >= 4 is 10.0 Å². The summed E-state index contributed by atoms with van der Waals surface area (Å²) in [5.74, 6) is 0.712. The van der Waals surface area contributed by atoms with Crippen molar-refractivity contribution in [3.63, 3.8) is 0 Å². The first kappa shape index (κ1) is 19.4. The summed E-state index contributed by atoms with van der Waals surface area (Å²) in [7, 11) is -3.51. The van der Waals surface area contributed by atoms with Crippen LogP contribution in [0.1, 0.15) is 24.2 Å². The molecule has 0 radical (unpaired) electrons. The van der Waals surface area contributed by atoms with Gasteiger partial charge in [-0.3, -0.25) is 4.84 Å². The molecule has 136 valence electrons. The predicted molar refractivity (Wildman–Crippen MR) is 93.4 cm³/mol. The van der Waals surface area contributed by atoms with Crippen molar-refractivity contribution in [1.29, 1.82) is 0 Å². The number of rotatable bonds is 9. The molecule has 0 saturated carbocycles. The zero-order chi connectivity index (χ0) is 18.3. The van der Waals surface area contributed by atoms with Gasteiger partial charge in [-0.1, -0.05) is 47.3 Å². The van der Waals surface area contributed by atoms with Gasteiger partial charge in [-0.05, 0) is 30.2 Å². The molecule has 0 heterocycles. The second kappa shape index (κ2) is 8.93. The first-order valence-electron chi connectivity index (χ1n) is 7.70. The molecule has 2 aromatic rings. The van der Waals surface area contributed by atoms with E-state index in [1.807, 2.05) is 71.9 Å². The fourth-order valence-corrected chi connectivity index (χ4v) is 2.46. The van der Waals surface area contributed by atoms with Crippen LogP contribution in [0.15, 0.2) is 54.6 Å². The standard InChI is InChI=1S/C17H22N2O5S/c1-13(15-6-4-3-5-7-15)23-16-10-8-14(9-11-16)12-17(18-20)24-19-25(2,21)22/h3-11,13,17-20H,12H2,1-2H3/t13-,17-/m0/s1. The Morgan fingerprint density at radius 1 is 1.08 bits per heavy atom. The third-order valence-corrected chi connectivity index (χ3v) is 3.81. The maximum atomic E-state index is 11.0. The summed E-state index contributed by atoms with van der Waals surface area (Å²) in [6, 6.07) is 17.2. The highest BCUT2D eigenvalue weighted by molar-refractivity contribution is 7.88. The third kappa shape index (κ3) is 6.81. The molecule has 0 spiro atoms. The number of sulfonamides is 1. The van der Waals surface area contributed by atoms with Crippen molar-refractivity contribution in [2.24, 2.45) is 0 Å². The van der Waals surface area contributed by atoms with Gasteiger partial charge in [-0.25, -0.2) is 8.42 Å². The minimum absolute atomic E-state index is 0.0822. The second-order valence-electron chi connectivity index (χ2n) is 5.61. The maximum absolute atomic E-state index is 11.0. The molecule has 25 heavy (non-hydrogen) atoms. The molecule has 0 unspecified atom stereocenters. The van der Waals surface area contributed by atoms with Crippen molar-refractivity contribution < 1.29 is 23.2 Å². The van der Waals surface area contributed by atoms with Gasteiger partial charge in [0, 0.05) is 6.42 Å². The molecule has 3 N–H and O–H groups in total. The van der Waals surface area contributed by atoms with Crippen molar-refractivity contribution in [2.45, 2.75) is 25.7 Å². The molecule has 0 aromatic heterocycles. The summed E-state index contributed by atoms with van der Waals surface area (Å²) in [5.41, 5.74) is 3.83. The van der Waals surface area contributed by atoms with Crippen LogP contribution in [0.5, 0.6) is 5.75 Å². The monoisotopic (exact) mass is 366 g/mol. The highest BCUT2D eigenvalue weighted by Gasteiger charge is 2.12. The Morgan fingerprint density at radius 2 is 1.72 bits per heavy atom. The molecule has 2 rings (SSSR count). The Labute approximate surface area is 147 Å². The fourth-order valence-electron chi connectivity index (χ4n) is 2.17. The minimum atomic E-state index is -3.51. The van der Waals surface area contributed by atoms with Gasteiger partial charge >= 0.3 is 0 Å². The highest BCUT2D eigenvalue weighted by Crippen LogP contribution is 2.22. The van der Waals surface area contributed by atoms with Crippen LogP contribution in [0.4, 0.5) is 0 Å². The summed E-state index contributed by atoms with van der Waals surface area (Å²) < 4.78 is 27.9. The van der Waals surface area contributed by atoms with Gasteiger partial charge in [-0.2, -0.15) is 5.48 Å². The third-order valence-electron chi connectivity index (χ3n) is 3.41. The van der Waals surface area contributed by atoms with Gasteiger partial charge in [0.25, 0.3) is 0 Å². The van der Waals surface area contributed by atoms with Crippen molar-refractivity contribution in [2.75, 3.05) is 6.26 Å². The topological polar surface area (TPSA) is 96.9 Å². The number of hydrogen-bond acceptors (Lipinski definition) is 6. The fraction of sp³-hybridized carbons (Fsp3) is 0.294. The Bertz CT molecular complexity index is 750. The van der Waals surface area contributed by atoms with E-state index < -0.39 is 16.3 Å². The lowest BCUT2D eigenvalue weighted by Crippen LogP contribution is -2.38. The second-order valence-corrected chi connectivity index (χ2v) is 7.32. The van der Waals surface area contributed by atoms with E-state index in [2.05, 4.69) is 0 Å². The lowest BCUT2D eigenvalue weighted by Gasteiger charge is -2.17. The van der Waals surface area contributed by atoms with Gasteiger partial charge in [-0.15, -0.1) is 0 Å². The largest absolute Gasteiger partial charge is 0.486 e. The van der Waals surface area contributed by atoms with E-state index in [1.54, 1.807) is 0 Å². The molecule has 0 saturated heterocycles. The van der Waals surface area contributed by atoms with Crippen molar-refractivity contribution in [3.8, 4) is 5.75 Å². The molecular formula is C17H22N2O5S. The molecule has 2 aromatic carbocycles. The molecule has 0 aliphatic heterocycles. The number of benzene rings is 2. The van der Waals surface area contributed by atoms with E-state index in [0.717, 1.165) is 17.4 Å². The van der Waals surface area contributed by atoms with Gasteiger partial charge in [0.15, 0.2) is 6.23 Å². The van der Waals surface area contributed by atoms with Crippen molar-refractivity contribution in [3.05, 3.63) is 65.7 Å². The van der Waals surface area contributed by atoms with Crippen LogP contribution >= 0.6 is 0 Å². The van der Waals surface area contributed by atoms with Crippen LogP contribution in [-0.2, 0) is 21.3 Å². The zero-order valence-electron chi connectivity index (χ0n) is 14.0. The average molecular weight is 366 g/mol. The summed E-state index contributed by atoms with van der Waals surface area (Å²) in [5, 5.41) is 9.05. The Kier molecular flexibility index (Phi) is 6.91. The predicted octanol–water partition coefficient (Wildman–Crippen LogP) is 2.15. The van der Waals surface area contributed by atoms with E-state index >= 15 is 0 Å². The van der Waals surface area contributed by atoms with E-state index in [1.165, 1.54) is 0 Å². The van der Waals surface area contributed by atoms with E-state index in [4.69, 9.17) is 14.8 Å². The zero-order valence-corrected chi connectivity index (χ0v) is 14.9. The minimum Gasteiger partial charge on any atom is -0.486 e. The first-order chi connectivity index (χ1) is 11.9. The molecule has 7 nitrogen and oxygen atoms in total. The van der Waals surface area contributed by atoms with E-state index in [0.29, 0.717) is 5.75 Å². The van der Waals surface area contributed by atoms with Crippen LogP contribution < -0.4 is 15.1 Å². The molecule has 0 aliphatic rings. The Morgan fingerprint density at radius 3 is 2.28 bits per heavy atom. The molecule has 0 fully saturated rings. The number of hydrogen-bond donors (Lipinski definition) is 3. The quantitative estimate of drug-likeness (QED) is 0.465. The Hall–Kier alpha value is -1.97. The van der Waals surface area contributed by atoms with E-state index in [-0.39, 0.29) is 12.5 Å². The van der Waals surface area contributed by atoms with Gasteiger partial charge in [0.05, 0.1) is 6.26 Å². The average Bonchev–Trinajstić information content (AvgIpc) is 2.60. The normalized spacial score (nSPS) is 14.0. The lowest BCUT2D eigenvalue weighted by atomic mass is 10.1. The Balaban J connectivity index is 1.92. The summed E-state index contributed by atoms with van der Waals surface area (Å²) in [4.78, 5) is 6.76. The molecule has 8 heteroatoms. The molecular weight excluding hydrogens is 344 g/mol. The van der Waals surface area contributed by atoms with Crippen molar-refractivity contribution in [1.82, 2.24) is 10.4 Å². The van der Waals surface area contributed by atoms with Gasteiger partial charge in [0.1, 0.15) is 11.9 Å². The molecule has 0 bridgehead atoms. The molecule has 0 aliphatic carbocycles. The van der Waals surface area contributed by atoms with Crippen LogP contribution in [-0.4, -0.2) is 26.1 Å². The summed E-state index contributed by atoms with van der Waals surface area (Å²) in [6.45, 7) is 1.97. The SMILES string of the molecule is C[C@H](Oc1ccc(C[C@@H](NO)ONS(C)(=O)=O)cc1)c1ccccc1.